The van der Waals surface area contributed by atoms with Crippen LogP contribution in [0.3, 0.4) is 0 Å². The Kier molecular flexibility index (Phi) is 2.22. The lowest BCUT2D eigenvalue weighted by atomic mass is 9.89. The first-order valence-corrected chi connectivity index (χ1v) is 4.98. The zero-order chi connectivity index (χ0) is 9.42. The molecule has 0 amide bonds. The maximum Gasteiger partial charge on any atom is 0.191 e. The maximum atomic E-state index is 11.5. The largest absolute Gasteiger partial charge is 0.385 e. The molecule has 1 aromatic rings. The van der Waals surface area contributed by atoms with Crippen LogP contribution in [0.25, 0.3) is 0 Å². The second kappa shape index (κ2) is 3.24. The Morgan fingerprint density at radius 1 is 1.46 bits per heavy atom. The monoisotopic (exact) mass is 240 g/mol. The molecule has 0 unspecified atom stereocenters. The van der Waals surface area contributed by atoms with E-state index in [0.29, 0.717) is 12.0 Å². The fourth-order valence-electron chi connectivity index (χ4n) is 1.60. The second-order valence-corrected chi connectivity index (χ2v) is 4.14. The minimum absolute atomic E-state index is 0.150. The predicted octanol–water partition coefficient (Wildman–Crippen LogP) is 1.94. The number of carbonyl (C=O) groups is 1. The van der Waals surface area contributed by atoms with Gasteiger partial charge in [0.2, 0.25) is 0 Å². The van der Waals surface area contributed by atoms with Gasteiger partial charge in [0.1, 0.15) is 6.10 Å². The van der Waals surface area contributed by atoms with Crippen LogP contribution in [-0.4, -0.2) is 17.0 Å². The van der Waals surface area contributed by atoms with Crippen molar-refractivity contribution >= 4 is 21.7 Å². The van der Waals surface area contributed by atoms with E-state index in [2.05, 4.69) is 15.9 Å². The lowest BCUT2D eigenvalue weighted by Crippen LogP contribution is -2.26. The summed E-state index contributed by atoms with van der Waals surface area (Å²) < 4.78 is 0.883. The number of aliphatic hydroxyl groups is 1. The number of hydrogen-bond acceptors (Lipinski definition) is 2. The third-order valence-electron chi connectivity index (χ3n) is 2.33. The third kappa shape index (κ3) is 1.54. The second-order valence-electron chi connectivity index (χ2n) is 3.22. The minimum Gasteiger partial charge on any atom is -0.385 e. The number of Topliss-reactive ketones (excluding diaryl/α,β-unsaturated/α-hetero) is 1. The van der Waals surface area contributed by atoms with E-state index in [1.165, 1.54) is 0 Å². The first-order chi connectivity index (χ1) is 6.18. The van der Waals surface area contributed by atoms with Crippen LogP contribution in [0.2, 0.25) is 0 Å². The van der Waals surface area contributed by atoms with Crippen LogP contribution in [0, 0.1) is 0 Å². The fourth-order valence-corrected chi connectivity index (χ4v) is 1.96. The Labute approximate surface area is 84.7 Å². The molecule has 0 saturated heterocycles. The molecule has 0 heterocycles. The molecular weight excluding hydrogens is 232 g/mol. The summed E-state index contributed by atoms with van der Waals surface area (Å²) in [5.41, 5.74) is 1.70. The number of hydrogen-bond donors (Lipinski definition) is 1. The summed E-state index contributed by atoms with van der Waals surface area (Å²) in [4.78, 5) is 11.5. The standard InChI is InChI=1S/C10H9BrO2/c11-7-3-1-6-2-4-9(12)10(13)8(6)5-7/h1,3,5,9,12H,2,4H2/t9-/m0/s1. The molecule has 0 aromatic heterocycles. The van der Waals surface area contributed by atoms with Crippen molar-refractivity contribution in [3.05, 3.63) is 33.8 Å². The van der Waals surface area contributed by atoms with E-state index in [0.717, 1.165) is 16.5 Å². The van der Waals surface area contributed by atoms with E-state index >= 15 is 0 Å². The van der Waals surface area contributed by atoms with Gasteiger partial charge in [-0.3, -0.25) is 4.79 Å². The molecule has 3 heteroatoms. The van der Waals surface area contributed by atoms with Crippen molar-refractivity contribution in [3.8, 4) is 0 Å². The van der Waals surface area contributed by atoms with E-state index in [9.17, 15) is 9.90 Å². The van der Waals surface area contributed by atoms with E-state index in [1.54, 1.807) is 6.07 Å². The van der Waals surface area contributed by atoms with Gasteiger partial charge in [-0.2, -0.15) is 0 Å². The molecule has 1 aliphatic carbocycles. The summed E-state index contributed by atoms with van der Waals surface area (Å²) in [5.74, 6) is -0.150. The van der Waals surface area contributed by atoms with Gasteiger partial charge in [-0.1, -0.05) is 22.0 Å². The first-order valence-electron chi connectivity index (χ1n) is 4.19. The molecule has 1 N–H and O–H groups in total. The van der Waals surface area contributed by atoms with Crippen LogP contribution in [0.4, 0.5) is 0 Å². The average molecular weight is 241 g/mol. The number of benzene rings is 1. The summed E-state index contributed by atoms with van der Waals surface area (Å²) in [6.07, 6.45) is 0.532. The zero-order valence-electron chi connectivity index (χ0n) is 6.96. The Bertz CT molecular complexity index is 360. The van der Waals surface area contributed by atoms with Gasteiger partial charge in [0.05, 0.1) is 0 Å². The highest BCUT2D eigenvalue weighted by Crippen LogP contribution is 2.24. The van der Waals surface area contributed by atoms with Crippen LogP contribution < -0.4 is 0 Å². The lowest BCUT2D eigenvalue weighted by Gasteiger charge is -2.19. The topological polar surface area (TPSA) is 37.3 Å². The Balaban J connectivity index is 2.51. The van der Waals surface area contributed by atoms with Gasteiger partial charge in [-0.15, -0.1) is 0 Å². The summed E-state index contributed by atoms with van der Waals surface area (Å²) >= 11 is 3.30. The van der Waals surface area contributed by atoms with Gasteiger partial charge in [0.15, 0.2) is 5.78 Å². The van der Waals surface area contributed by atoms with Crippen LogP contribution >= 0.6 is 15.9 Å². The highest BCUT2D eigenvalue weighted by Gasteiger charge is 2.25. The number of ketones is 1. The summed E-state index contributed by atoms with van der Waals surface area (Å²) in [7, 11) is 0. The SMILES string of the molecule is O=C1c2cc(Br)ccc2CC[C@@H]1O. The molecule has 2 rings (SSSR count). The Morgan fingerprint density at radius 3 is 3.00 bits per heavy atom. The highest BCUT2D eigenvalue weighted by molar-refractivity contribution is 9.10. The van der Waals surface area contributed by atoms with Crippen molar-refractivity contribution in [2.75, 3.05) is 0 Å². The average Bonchev–Trinajstić information content (AvgIpc) is 2.12. The van der Waals surface area contributed by atoms with Crippen LogP contribution in [0.5, 0.6) is 0 Å². The molecule has 0 fully saturated rings. The Morgan fingerprint density at radius 2 is 2.23 bits per heavy atom. The number of aryl methyl sites for hydroxylation is 1. The molecule has 1 atom stereocenters. The van der Waals surface area contributed by atoms with Gasteiger partial charge in [-0.05, 0) is 30.5 Å². The van der Waals surface area contributed by atoms with Crippen molar-refractivity contribution in [1.29, 1.82) is 0 Å². The molecular formula is C10H9BrO2. The summed E-state index contributed by atoms with van der Waals surface area (Å²) in [6, 6.07) is 5.63. The van der Waals surface area contributed by atoms with Crippen molar-refractivity contribution in [1.82, 2.24) is 0 Å². The first kappa shape index (κ1) is 8.91. The fraction of sp³-hybridized carbons (Fsp3) is 0.300. The van der Waals surface area contributed by atoms with Gasteiger partial charge in [0, 0.05) is 10.0 Å². The number of rotatable bonds is 0. The molecule has 0 radical (unpaired) electrons. The smallest absolute Gasteiger partial charge is 0.191 e. The molecule has 0 saturated carbocycles. The van der Waals surface area contributed by atoms with Crippen molar-refractivity contribution in [2.45, 2.75) is 18.9 Å². The quantitative estimate of drug-likeness (QED) is 0.753. The summed E-state index contributed by atoms with van der Waals surface area (Å²) in [6.45, 7) is 0. The van der Waals surface area contributed by atoms with Crippen molar-refractivity contribution in [3.63, 3.8) is 0 Å². The van der Waals surface area contributed by atoms with E-state index in [-0.39, 0.29) is 5.78 Å². The summed E-state index contributed by atoms with van der Waals surface area (Å²) in [5, 5.41) is 9.35. The molecule has 0 aliphatic heterocycles. The molecule has 1 aliphatic rings. The van der Waals surface area contributed by atoms with E-state index < -0.39 is 6.10 Å². The molecule has 68 valence electrons. The number of carbonyl (C=O) groups excluding carboxylic acids is 1. The molecule has 0 spiro atoms. The molecule has 1 aromatic carbocycles. The molecule has 0 bridgehead atoms. The molecule has 13 heavy (non-hydrogen) atoms. The number of fused-ring (bicyclic) bond motifs is 1. The molecule has 2 nitrogen and oxygen atoms in total. The van der Waals surface area contributed by atoms with Gasteiger partial charge in [0.25, 0.3) is 0 Å². The van der Waals surface area contributed by atoms with Gasteiger partial charge < -0.3 is 5.11 Å². The van der Waals surface area contributed by atoms with Crippen molar-refractivity contribution < 1.29 is 9.90 Å². The minimum atomic E-state index is -0.804. The maximum absolute atomic E-state index is 11.5. The normalized spacial score (nSPS) is 21.4. The number of halogens is 1. The van der Waals surface area contributed by atoms with Gasteiger partial charge >= 0.3 is 0 Å². The van der Waals surface area contributed by atoms with Gasteiger partial charge in [-0.25, -0.2) is 0 Å². The zero-order valence-corrected chi connectivity index (χ0v) is 8.54. The van der Waals surface area contributed by atoms with Crippen LogP contribution in [-0.2, 0) is 6.42 Å². The third-order valence-corrected chi connectivity index (χ3v) is 2.82. The van der Waals surface area contributed by atoms with E-state index in [1.807, 2.05) is 12.1 Å². The highest BCUT2D eigenvalue weighted by atomic mass is 79.9. The van der Waals surface area contributed by atoms with Crippen LogP contribution in [0.15, 0.2) is 22.7 Å². The Hall–Kier alpha value is -0.670. The predicted molar refractivity (Wildman–Crippen MR) is 52.8 cm³/mol. The number of aliphatic hydroxyl groups excluding tert-OH is 1. The van der Waals surface area contributed by atoms with Crippen molar-refractivity contribution in [2.24, 2.45) is 0 Å². The van der Waals surface area contributed by atoms with E-state index in [4.69, 9.17) is 0 Å². The van der Waals surface area contributed by atoms with Crippen LogP contribution in [0.1, 0.15) is 22.3 Å². The lowest BCUT2D eigenvalue weighted by molar-refractivity contribution is 0.0712.